The van der Waals surface area contributed by atoms with Gasteiger partial charge < -0.3 is 5.32 Å². The van der Waals surface area contributed by atoms with E-state index in [4.69, 9.17) is 4.84 Å². The standard InChI is InChI=1S/C11H18N2O2/c1-2-3-8-12-11(14)13-9-4-6-10(15-13)7-5-9/h4,6,9-10H,2-3,5,7-8H2,1H3,(H,12,14). The molecule has 2 unspecified atom stereocenters. The van der Waals surface area contributed by atoms with E-state index in [9.17, 15) is 4.79 Å². The van der Waals surface area contributed by atoms with Crippen LogP contribution in [0.1, 0.15) is 32.6 Å². The zero-order chi connectivity index (χ0) is 10.7. The fourth-order valence-corrected chi connectivity index (χ4v) is 1.94. The third-order valence-electron chi connectivity index (χ3n) is 2.85. The Kier molecular flexibility index (Phi) is 3.26. The van der Waals surface area contributed by atoms with Gasteiger partial charge in [-0.25, -0.2) is 4.79 Å². The largest absolute Gasteiger partial charge is 0.341 e. The Hall–Kier alpha value is -1.03. The Morgan fingerprint density at radius 3 is 2.93 bits per heavy atom. The monoisotopic (exact) mass is 210 g/mol. The molecule has 1 N–H and O–H groups in total. The van der Waals surface area contributed by atoms with E-state index in [0.717, 1.165) is 32.2 Å². The second-order valence-corrected chi connectivity index (χ2v) is 4.08. The maximum absolute atomic E-state index is 11.7. The van der Waals surface area contributed by atoms with Crippen molar-refractivity contribution in [3.8, 4) is 0 Å². The number of amides is 2. The summed E-state index contributed by atoms with van der Waals surface area (Å²) in [6, 6.07) is 0.0409. The molecular weight excluding hydrogens is 192 g/mol. The molecule has 1 saturated heterocycles. The number of carbonyl (C=O) groups excluding carboxylic acids is 1. The molecule has 0 aromatic carbocycles. The molecule has 2 amide bonds. The molecule has 0 spiro atoms. The quantitative estimate of drug-likeness (QED) is 0.570. The predicted molar refractivity (Wildman–Crippen MR) is 57.2 cm³/mol. The molecule has 1 aliphatic carbocycles. The maximum Gasteiger partial charge on any atom is 0.341 e. The summed E-state index contributed by atoms with van der Waals surface area (Å²) in [7, 11) is 0. The highest BCUT2D eigenvalue weighted by molar-refractivity contribution is 5.73. The molecule has 0 radical (unpaired) electrons. The normalized spacial score (nSPS) is 28.2. The highest BCUT2D eigenvalue weighted by Crippen LogP contribution is 2.27. The molecule has 4 nitrogen and oxygen atoms in total. The second kappa shape index (κ2) is 4.66. The van der Waals surface area contributed by atoms with Gasteiger partial charge in [0.05, 0.1) is 6.04 Å². The Morgan fingerprint density at radius 2 is 2.40 bits per heavy atom. The summed E-state index contributed by atoms with van der Waals surface area (Å²) in [5.74, 6) is 0. The van der Waals surface area contributed by atoms with E-state index in [1.807, 2.05) is 6.08 Å². The number of nitrogens with zero attached hydrogens (tertiary/aromatic N) is 1. The average molecular weight is 210 g/mol. The lowest BCUT2D eigenvalue weighted by Gasteiger charge is -2.39. The second-order valence-electron chi connectivity index (χ2n) is 4.08. The van der Waals surface area contributed by atoms with Crippen molar-refractivity contribution in [2.24, 2.45) is 0 Å². The Morgan fingerprint density at radius 1 is 1.53 bits per heavy atom. The minimum absolute atomic E-state index is 0.0949. The van der Waals surface area contributed by atoms with Gasteiger partial charge in [0, 0.05) is 6.54 Å². The van der Waals surface area contributed by atoms with Crippen LogP contribution < -0.4 is 5.32 Å². The molecule has 0 aromatic rings. The average Bonchev–Trinajstić information content (AvgIpc) is 2.30. The van der Waals surface area contributed by atoms with Crippen molar-refractivity contribution in [2.75, 3.05) is 6.54 Å². The number of carbonyl (C=O) groups is 1. The number of hydroxylamine groups is 2. The highest BCUT2D eigenvalue weighted by Gasteiger charge is 2.34. The lowest BCUT2D eigenvalue weighted by atomic mass is 9.98. The molecule has 0 aromatic heterocycles. The lowest BCUT2D eigenvalue weighted by Crippen LogP contribution is -2.52. The van der Waals surface area contributed by atoms with Crippen molar-refractivity contribution < 1.29 is 9.63 Å². The van der Waals surface area contributed by atoms with E-state index in [2.05, 4.69) is 18.3 Å². The van der Waals surface area contributed by atoms with E-state index in [-0.39, 0.29) is 18.2 Å². The van der Waals surface area contributed by atoms with E-state index in [1.165, 1.54) is 5.06 Å². The first-order valence-electron chi connectivity index (χ1n) is 5.73. The van der Waals surface area contributed by atoms with Crippen LogP contribution in [0, 0.1) is 0 Å². The Bertz CT molecular complexity index is 265. The number of hydrogen-bond acceptors (Lipinski definition) is 2. The van der Waals surface area contributed by atoms with E-state index < -0.39 is 0 Å². The Balaban J connectivity index is 1.84. The van der Waals surface area contributed by atoms with Crippen molar-refractivity contribution in [3.05, 3.63) is 12.2 Å². The van der Waals surface area contributed by atoms with Crippen LogP contribution in [0.5, 0.6) is 0 Å². The lowest BCUT2D eigenvalue weighted by molar-refractivity contribution is -0.195. The molecule has 2 atom stereocenters. The van der Waals surface area contributed by atoms with Crippen molar-refractivity contribution in [1.82, 2.24) is 10.4 Å². The first-order chi connectivity index (χ1) is 7.31. The molecule has 2 heterocycles. The first kappa shape index (κ1) is 10.5. The molecule has 1 fully saturated rings. The van der Waals surface area contributed by atoms with Gasteiger partial charge in [0.1, 0.15) is 6.10 Å². The van der Waals surface area contributed by atoms with Crippen LogP contribution in [0.25, 0.3) is 0 Å². The van der Waals surface area contributed by atoms with E-state index >= 15 is 0 Å². The van der Waals surface area contributed by atoms with Crippen molar-refractivity contribution in [2.45, 2.75) is 44.8 Å². The molecular formula is C11H18N2O2. The zero-order valence-corrected chi connectivity index (χ0v) is 9.11. The van der Waals surface area contributed by atoms with E-state index in [1.54, 1.807) is 0 Å². The predicted octanol–water partition coefficient (Wildman–Crippen LogP) is 1.83. The van der Waals surface area contributed by atoms with Gasteiger partial charge in [0.2, 0.25) is 0 Å². The van der Waals surface area contributed by atoms with Gasteiger partial charge >= 0.3 is 6.03 Å². The topological polar surface area (TPSA) is 41.6 Å². The van der Waals surface area contributed by atoms with Crippen molar-refractivity contribution in [1.29, 1.82) is 0 Å². The maximum atomic E-state index is 11.7. The first-order valence-corrected chi connectivity index (χ1v) is 5.73. The summed E-state index contributed by atoms with van der Waals surface area (Å²) in [5, 5.41) is 4.36. The zero-order valence-electron chi connectivity index (χ0n) is 9.11. The number of fused-ring (bicyclic) bond motifs is 2. The van der Waals surface area contributed by atoms with E-state index in [0.29, 0.717) is 0 Å². The third kappa shape index (κ3) is 2.31. The molecule has 2 bridgehead atoms. The van der Waals surface area contributed by atoms with Gasteiger partial charge in [0.15, 0.2) is 0 Å². The summed E-state index contributed by atoms with van der Waals surface area (Å²) >= 11 is 0. The van der Waals surface area contributed by atoms with Crippen molar-refractivity contribution in [3.63, 3.8) is 0 Å². The van der Waals surface area contributed by atoms with Gasteiger partial charge in [-0.15, -0.1) is 0 Å². The number of urea groups is 1. The number of nitrogens with one attached hydrogen (secondary N) is 1. The summed E-state index contributed by atoms with van der Waals surface area (Å²) < 4.78 is 0. The van der Waals surface area contributed by atoms with Crippen LogP contribution in [0.3, 0.4) is 0 Å². The molecule has 0 saturated carbocycles. The minimum atomic E-state index is -0.0949. The number of unbranched alkanes of at least 4 members (excludes halogenated alkanes) is 1. The fraction of sp³-hybridized carbons (Fsp3) is 0.727. The van der Waals surface area contributed by atoms with Gasteiger partial charge in [-0.2, -0.15) is 5.06 Å². The molecule has 2 aliphatic heterocycles. The SMILES string of the molecule is CCCCNC(=O)N1OC2C=CC1CC2. The molecule has 3 rings (SSSR count). The summed E-state index contributed by atoms with van der Waals surface area (Å²) in [6.07, 6.45) is 8.37. The van der Waals surface area contributed by atoms with Crippen LogP contribution >= 0.6 is 0 Å². The van der Waals surface area contributed by atoms with Gasteiger partial charge in [-0.05, 0) is 19.3 Å². The van der Waals surface area contributed by atoms with Crippen LogP contribution in [0.4, 0.5) is 4.79 Å². The highest BCUT2D eigenvalue weighted by atomic mass is 16.7. The molecule has 4 heteroatoms. The van der Waals surface area contributed by atoms with Gasteiger partial charge in [-0.3, -0.25) is 4.84 Å². The van der Waals surface area contributed by atoms with Crippen LogP contribution in [0.15, 0.2) is 12.2 Å². The van der Waals surface area contributed by atoms with Crippen molar-refractivity contribution >= 4 is 6.03 Å². The molecule has 15 heavy (non-hydrogen) atoms. The third-order valence-corrected chi connectivity index (χ3v) is 2.85. The van der Waals surface area contributed by atoms with Crippen LogP contribution in [-0.4, -0.2) is 29.8 Å². The minimum Gasteiger partial charge on any atom is -0.336 e. The number of hydrogen-bond donors (Lipinski definition) is 1. The Labute approximate surface area is 90.2 Å². The molecule has 3 aliphatic rings. The molecule has 84 valence electrons. The van der Waals surface area contributed by atoms with Crippen LogP contribution in [0.2, 0.25) is 0 Å². The number of rotatable bonds is 3. The van der Waals surface area contributed by atoms with Gasteiger partial charge in [0.25, 0.3) is 0 Å². The fourth-order valence-electron chi connectivity index (χ4n) is 1.94. The summed E-state index contributed by atoms with van der Waals surface area (Å²) in [4.78, 5) is 17.2. The van der Waals surface area contributed by atoms with Gasteiger partial charge in [-0.1, -0.05) is 25.5 Å². The summed E-state index contributed by atoms with van der Waals surface area (Å²) in [5.41, 5.74) is 0. The smallest absolute Gasteiger partial charge is 0.336 e. The van der Waals surface area contributed by atoms with Crippen LogP contribution in [-0.2, 0) is 4.84 Å². The summed E-state index contributed by atoms with van der Waals surface area (Å²) in [6.45, 7) is 2.84.